The average Bonchev–Trinajstić information content (AvgIpc) is 2.34. The molecule has 0 radical (unpaired) electrons. The molecule has 1 aromatic rings. The minimum atomic E-state index is -0.553. The molecule has 0 N–H and O–H groups in total. The Balaban J connectivity index is 2.93. The van der Waals surface area contributed by atoms with Crippen LogP contribution in [0.4, 0.5) is 4.39 Å². The third-order valence-electron chi connectivity index (χ3n) is 0.988. The molecule has 0 fully saturated rings. The Morgan fingerprint density at radius 1 is 1.80 bits per heavy atom. The molecule has 1 rings (SSSR count). The molecule has 0 aliphatic heterocycles. The molecule has 0 aliphatic rings. The van der Waals surface area contributed by atoms with Gasteiger partial charge in [0.25, 0.3) is 0 Å². The third-order valence-corrected chi connectivity index (χ3v) is 2.81. The second-order valence-electron chi connectivity index (χ2n) is 1.59. The number of esters is 1. The van der Waals surface area contributed by atoms with Gasteiger partial charge >= 0.3 is 62.8 Å². The van der Waals surface area contributed by atoms with E-state index in [-0.39, 0.29) is 18.9 Å². The minimum absolute atomic E-state index is 0.169. The molecular weight excluding hydrogens is 202 g/mol. The number of ether oxygens (including phenoxy) is 1. The van der Waals surface area contributed by atoms with E-state index in [1.165, 1.54) is 13.2 Å². The number of hydrogen-bond acceptors (Lipinski definition) is 2. The molecule has 4 heteroatoms. The Hall–Kier alpha value is -0.601. The standard InChI is InChI=1S/C6H5FO2Se/c1-9-6(8)5-4(7)2-3-10-5/h2-3H,1H3. The zero-order chi connectivity index (χ0) is 7.56. The summed E-state index contributed by atoms with van der Waals surface area (Å²) in [6.45, 7) is 0. The fourth-order valence-electron chi connectivity index (χ4n) is 0.532. The van der Waals surface area contributed by atoms with Crippen LogP contribution in [0.5, 0.6) is 0 Å². The van der Waals surface area contributed by atoms with Gasteiger partial charge in [-0.3, -0.25) is 0 Å². The maximum atomic E-state index is 12.5. The molecule has 1 heterocycles. The molecule has 0 aliphatic carbocycles. The van der Waals surface area contributed by atoms with Gasteiger partial charge in [0, 0.05) is 0 Å². The fourth-order valence-corrected chi connectivity index (χ4v) is 1.97. The monoisotopic (exact) mass is 208 g/mol. The van der Waals surface area contributed by atoms with Gasteiger partial charge in [0.1, 0.15) is 0 Å². The van der Waals surface area contributed by atoms with Gasteiger partial charge < -0.3 is 0 Å². The van der Waals surface area contributed by atoms with Crippen LogP contribution in [0.3, 0.4) is 0 Å². The summed E-state index contributed by atoms with van der Waals surface area (Å²) in [6.07, 6.45) is 0. The van der Waals surface area contributed by atoms with Gasteiger partial charge in [-0.2, -0.15) is 0 Å². The summed E-state index contributed by atoms with van der Waals surface area (Å²) >= 11 is -0.169. The van der Waals surface area contributed by atoms with Crippen LogP contribution in [-0.4, -0.2) is 27.6 Å². The van der Waals surface area contributed by atoms with Crippen molar-refractivity contribution in [3.63, 3.8) is 0 Å². The zero-order valence-corrected chi connectivity index (χ0v) is 6.97. The molecule has 10 heavy (non-hydrogen) atoms. The van der Waals surface area contributed by atoms with E-state index < -0.39 is 11.8 Å². The van der Waals surface area contributed by atoms with E-state index in [1.54, 1.807) is 4.94 Å². The third kappa shape index (κ3) is 1.28. The first-order valence-electron chi connectivity index (χ1n) is 2.57. The molecule has 54 valence electrons. The van der Waals surface area contributed by atoms with Crippen LogP contribution in [-0.2, 0) is 4.74 Å². The normalized spacial score (nSPS) is 9.40. The molecule has 0 amide bonds. The van der Waals surface area contributed by atoms with Crippen LogP contribution >= 0.6 is 0 Å². The van der Waals surface area contributed by atoms with Gasteiger partial charge in [0.05, 0.1) is 0 Å². The van der Waals surface area contributed by atoms with E-state index in [0.29, 0.717) is 0 Å². The van der Waals surface area contributed by atoms with Crippen molar-refractivity contribution in [1.29, 1.82) is 0 Å². The van der Waals surface area contributed by atoms with Crippen LogP contribution < -0.4 is 0 Å². The second kappa shape index (κ2) is 2.99. The van der Waals surface area contributed by atoms with Crippen molar-refractivity contribution in [2.75, 3.05) is 7.11 Å². The second-order valence-corrected chi connectivity index (χ2v) is 3.51. The first-order chi connectivity index (χ1) is 4.75. The summed E-state index contributed by atoms with van der Waals surface area (Å²) in [7, 11) is 1.25. The molecule has 1 aromatic heterocycles. The van der Waals surface area contributed by atoms with Crippen LogP contribution in [0.1, 0.15) is 9.23 Å². The summed E-state index contributed by atoms with van der Waals surface area (Å²) in [6, 6.07) is 1.30. The van der Waals surface area contributed by atoms with Crippen molar-refractivity contribution in [2.45, 2.75) is 0 Å². The van der Waals surface area contributed by atoms with Crippen molar-refractivity contribution >= 4 is 20.5 Å². The van der Waals surface area contributed by atoms with Gasteiger partial charge in [-0.15, -0.1) is 0 Å². The zero-order valence-electron chi connectivity index (χ0n) is 5.26. The summed E-state index contributed by atoms with van der Waals surface area (Å²) < 4.78 is 17.1. The molecule has 0 saturated carbocycles. The fraction of sp³-hybridized carbons (Fsp3) is 0.167. The number of halogens is 1. The Labute approximate surface area is 63.4 Å². The van der Waals surface area contributed by atoms with Crippen molar-refractivity contribution in [2.24, 2.45) is 0 Å². The van der Waals surface area contributed by atoms with Gasteiger partial charge in [-0.05, 0) is 0 Å². The predicted molar refractivity (Wildman–Crippen MR) is 34.7 cm³/mol. The van der Waals surface area contributed by atoms with E-state index >= 15 is 0 Å². The number of methoxy groups -OCH3 is 1. The maximum absolute atomic E-state index is 12.5. The van der Waals surface area contributed by atoms with Crippen LogP contribution in [0.2, 0.25) is 0 Å². The predicted octanol–water partition coefficient (Wildman–Crippen LogP) is 0.669. The Morgan fingerprint density at radius 3 is 2.90 bits per heavy atom. The number of hydrogen-bond donors (Lipinski definition) is 0. The number of rotatable bonds is 1. The van der Waals surface area contributed by atoms with E-state index in [9.17, 15) is 9.18 Å². The van der Waals surface area contributed by atoms with Crippen LogP contribution in [0.15, 0.2) is 11.0 Å². The van der Waals surface area contributed by atoms with Crippen molar-refractivity contribution in [3.8, 4) is 0 Å². The first kappa shape index (κ1) is 7.51. The van der Waals surface area contributed by atoms with Crippen LogP contribution in [0.25, 0.3) is 0 Å². The van der Waals surface area contributed by atoms with Crippen molar-refractivity contribution in [3.05, 3.63) is 21.3 Å². The average molecular weight is 207 g/mol. The van der Waals surface area contributed by atoms with E-state index in [0.717, 1.165) is 0 Å². The summed E-state index contributed by atoms with van der Waals surface area (Å²) in [5.41, 5.74) is 0. The molecule has 2 nitrogen and oxygen atoms in total. The Kier molecular flexibility index (Phi) is 2.25. The van der Waals surface area contributed by atoms with Gasteiger partial charge in [-0.1, -0.05) is 0 Å². The molecule has 0 unspecified atom stereocenters. The molecule has 0 aromatic carbocycles. The van der Waals surface area contributed by atoms with Crippen molar-refractivity contribution in [1.82, 2.24) is 0 Å². The summed E-state index contributed by atoms with van der Waals surface area (Å²) in [5.74, 6) is -1.01. The number of carbonyl (C=O) groups is 1. The Morgan fingerprint density at radius 2 is 2.50 bits per heavy atom. The quantitative estimate of drug-likeness (QED) is 0.499. The van der Waals surface area contributed by atoms with E-state index in [1.807, 2.05) is 0 Å². The number of carbonyl (C=O) groups excluding carboxylic acids is 1. The molecule has 0 saturated heterocycles. The topological polar surface area (TPSA) is 26.3 Å². The summed E-state index contributed by atoms with van der Waals surface area (Å²) in [4.78, 5) is 12.3. The van der Waals surface area contributed by atoms with Crippen LogP contribution in [0, 0.1) is 5.82 Å². The molecule has 0 bridgehead atoms. The van der Waals surface area contributed by atoms with E-state index in [4.69, 9.17) is 0 Å². The molecular formula is C6H5FO2Se. The summed E-state index contributed by atoms with van der Waals surface area (Å²) in [5, 5.41) is 0. The van der Waals surface area contributed by atoms with Gasteiger partial charge in [0.2, 0.25) is 0 Å². The van der Waals surface area contributed by atoms with Gasteiger partial charge in [0.15, 0.2) is 0 Å². The van der Waals surface area contributed by atoms with E-state index in [2.05, 4.69) is 4.74 Å². The van der Waals surface area contributed by atoms with Gasteiger partial charge in [-0.25, -0.2) is 0 Å². The first-order valence-corrected chi connectivity index (χ1v) is 4.41. The molecule has 0 atom stereocenters. The molecule has 0 spiro atoms. The Bertz CT molecular complexity index is 244. The SMILES string of the molecule is COC(=O)c1[se]ccc1F. The van der Waals surface area contributed by atoms with Crippen molar-refractivity contribution < 1.29 is 13.9 Å².